The zero-order valence-electron chi connectivity index (χ0n) is 10.7. The van der Waals surface area contributed by atoms with Gasteiger partial charge in [0, 0.05) is 12.8 Å². The Morgan fingerprint density at radius 2 is 2.00 bits per heavy atom. The number of nitrogens with one attached hydrogen (secondary N) is 1. The second-order valence-corrected chi connectivity index (χ2v) is 5.31. The average molecular weight is 246 g/mol. The van der Waals surface area contributed by atoms with Gasteiger partial charge in [-0.3, -0.25) is 4.84 Å². The number of carbonyl (C=O) groups excluding carboxylic acids is 1. The van der Waals surface area contributed by atoms with Gasteiger partial charge in [0.25, 0.3) is 0 Å². The third-order valence-electron chi connectivity index (χ3n) is 1.82. The molecule has 0 aliphatic rings. The van der Waals surface area contributed by atoms with E-state index in [2.05, 4.69) is 24.3 Å². The number of hydrogen-bond acceptors (Lipinski definition) is 4. The standard InChI is InChI=1S/C11H22N2O2S/c1-8(2)6-16-7-10(9(3)4)13-15-11(14)12-5/h8-9H,6-7H2,1-5H3,(H,12,14). The molecule has 4 nitrogen and oxygen atoms in total. The zero-order chi connectivity index (χ0) is 12.6. The van der Waals surface area contributed by atoms with Gasteiger partial charge in [0.1, 0.15) is 0 Å². The molecule has 0 aromatic carbocycles. The molecular formula is C11H22N2O2S. The number of amides is 1. The van der Waals surface area contributed by atoms with E-state index in [1.54, 1.807) is 0 Å². The highest BCUT2D eigenvalue weighted by atomic mass is 32.2. The Morgan fingerprint density at radius 3 is 2.44 bits per heavy atom. The van der Waals surface area contributed by atoms with Gasteiger partial charge >= 0.3 is 6.09 Å². The zero-order valence-corrected chi connectivity index (χ0v) is 11.6. The fraction of sp³-hybridized carbons (Fsp3) is 0.818. The van der Waals surface area contributed by atoms with E-state index in [4.69, 9.17) is 4.84 Å². The molecule has 5 heteroatoms. The smallest absolute Gasteiger partial charge is 0.323 e. The molecule has 0 bridgehead atoms. The van der Waals surface area contributed by atoms with Crippen LogP contribution < -0.4 is 5.32 Å². The SMILES string of the molecule is CNC(=O)ON=C(CSCC(C)C)C(C)C. The minimum Gasteiger partial charge on any atom is -0.323 e. The van der Waals surface area contributed by atoms with Gasteiger partial charge in [-0.1, -0.05) is 32.9 Å². The van der Waals surface area contributed by atoms with Gasteiger partial charge in [0.15, 0.2) is 0 Å². The normalized spacial score (nSPS) is 12.1. The van der Waals surface area contributed by atoms with Crippen LogP contribution in [0.15, 0.2) is 5.16 Å². The Balaban J connectivity index is 4.11. The van der Waals surface area contributed by atoms with Crippen molar-refractivity contribution in [1.29, 1.82) is 0 Å². The van der Waals surface area contributed by atoms with Crippen molar-refractivity contribution in [3.05, 3.63) is 0 Å². The number of nitrogens with zero attached hydrogens (tertiary/aromatic N) is 1. The predicted octanol–water partition coefficient (Wildman–Crippen LogP) is 2.74. The molecule has 94 valence electrons. The van der Waals surface area contributed by atoms with E-state index in [0.29, 0.717) is 11.8 Å². The van der Waals surface area contributed by atoms with Gasteiger partial charge < -0.3 is 5.32 Å². The summed E-state index contributed by atoms with van der Waals surface area (Å²) >= 11 is 1.81. The Kier molecular flexibility index (Phi) is 8.07. The molecule has 0 aromatic heterocycles. The van der Waals surface area contributed by atoms with Crippen molar-refractivity contribution in [3.63, 3.8) is 0 Å². The van der Waals surface area contributed by atoms with Crippen LogP contribution in [0.1, 0.15) is 27.7 Å². The summed E-state index contributed by atoms with van der Waals surface area (Å²) in [4.78, 5) is 15.6. The van der Waals surface area contributed by atoms with Gasteiger partial charge in [-0.2, -0.15) is 11.8 Å². The lowest BCUT2D eigenvalue weighted by atomic mass is 10.1. The lowest BCUT2D eigenvalue weighted by Crippen LogP contribution is -2.19. The molecule has 0 unspecified atom stereocenters. The summed E-state index contributed by atoms with van der Waals surface area (Å²) in [6.45, 7) is 8.45. The first-order chi connectivity index (χ1) is 7.47. The molecule has 0 atom stereocenters. The summed E-state index contributed by atoms with van der Waals surface area (Å²) in [5.41, 5.74) is 0.911. The van der Waals surface area contributed by atoms with Crippen molar-refractivity contribution < 1.29 is 9.63 Å². The van der Waals surface area contributed by atoms with E-state index in [-0.39, 0.29) is 0 Å². The van der Waals surface area contributed by atoms with Crippen LogP contribution in [0, 0.1) is 11.8 Å². The molecule has 1 N–H and O–H groups in total. The third kappa shape index (κ3) is 7.56. The quantitative estimate of drug-likeness (QED) is 0.445. The molecule has 0 saturated heterocycles. The molecule has 0 rings (SSSR count). The van der Waals surface area contributed by atoms with E-state index in [0.717, 1.165) is 17.2 Å². The highest BCUT2D eigenvalue weighted by molar-refractivity contribution is 7.99. The molecule has 0 spiro atoms. The van der Waals surface area contributed by atoms with Gasteiger partial charge in [-0.05, 0) is 17.6 Å². The first-order valence-electron chi connectivity index (χ1n) is 5.50. The molecular weight excluding hydrogens is 224 g/mol. The van der Waals surface area contributed by atoms with Crippen LogP contribution in [-0.4, -0.2) is 30.4 Å². The Hall–Kier alpha value is -0.710. The van der Waals surface area contributed by atoms with Crippen LogP contribution in [0.5, 0.6) is 0 Å². The lowest BCUT2D eigenvalue weighted by molar-refractivity contribution is 0.152. The molecule has 0 aromatic rings. The number of rotatable bonds is 6. The summed E-state index contributed by atoms with van der Waals surface area (Å²) in [7, 11) is 1.51. The minimum atomic E-state index is -0.521. The Bertz CT molecular complexity index is 240. The van der Waals surface area contributed by atoms with E-state index in [1.165, 1.54) is 7.05 Å². The Morgan fingerprint density at radius 1 is 1.38 bits per heavy atom. The van der Waals surface area contributed by atoms with Crippen LogP contribution >= 0.6 is 11.8 Å². The first-order valence-corrected chi connectivity index (χ1v) is 6.66. The average Bonchev–Trinajstić information content (AvgIpc) is 2.21. The van der Waals surface area contributed by atoms with Crippen LogP contribution in [0.25, 0.3) is 0 Å². The maximum absolute atomic E-state index is 10.9. The van der Waals surface area contributed by atoms with Crippen LogP contribution in [0.2, 0.25) is 0 Å². The number of carbonyl (C=O) groups is 1. The third-order valence-corrected chi connectivity index (χ3v) is 3.22. The molecule has 0 aliphatic heterocycles. The second-order valence-electron chi connectivity index (χ2n) is 4.28. The van der Waals surface area contributed by atoms with Gasteiger partial charge in [0.2, 0.25) is 0 Å². The van der Waals surface area contributed by atoms with Crippen molar-refractivity contribution >= 4 is 23.6 Å². The molecule has 1 amide bonds. The second kappa shape index (κ2) is 8.44. The summed E-state index contributed by atoms with van der Waals surface area (Å²) in [6.07, 6.45) is -0.521. The van der Waals surface area contributed by atoms with E-state index >= 15 is 0 Å². The molecule has 16 heavy (non-hydrogen) atoms. The van der Waals surface area contributed by atoms with Gasteiger partial charge in [-0.25, -0.2) is 4.79 Å². The van der Waals surface area contributed by atoms with E-state index in [9.17, 15) is 4.79 Å². The summed E-state index contributed by atoms with van der Waals surface area (Å²) in [5.74, 6) is 2.86. The maximum atomic E-state index is 10.9. The fourth-order valence-corrected chi connectivity index (χ4v) is 2.03. The van der Waals surface area contributed by atoms with Crippen molar-refractivity contribution in [2.24, 2.45) is 17.0 Å². The van der Waals surface area contributed by atoms with Crippen molar-refractivity contribution in [3.8, 4) is 0 Å². The molecule has 0 radical (unpaired) electrons. The summed E-state index contributed by atoms with van der Waals surface area (Å²) < 4.78 is 0. The Labute approximate surface area is 102 Å². The molecule has 0 heterocycles. The topological polar surface area (TPSA) is 50.7 Å². The number of oxime groups is 1. The van der Waals surface area contributed by atoms with Crippen LogP contribution in [0.3, 0.4) is 0 Å². The van der Waals surface area contributed by atoms with Crippen LogP contribution in [-0.2, 0) is 4.84 Å². The van der Waals surface area contributed by atoms with Gasteiger partial charge in [0.05, 0.1) is 5.71 Å². The van der Waals surface area contributed by atoms with E-state index in [1.807, 2.05) is 25.6 Å². The van der Waals surface area contributed by atoms with Crippen molar-refractivity contribution in [2.45, 2.75) is 27.7 Å². The molecule has 0 saturated carbocycles. The number of hydrogen-bond donors (Lipinski definition) is 1. The largest absolute Gasteiger partial charge is 0.433 e. The van der Waals surface area contributed by atoms with E-state index < -0.39 is 6.09 Å². The first kappa shape index (κ1) is 15.3. The van der Waals surface area contributed by atoms with Crippen molar-refractivity contribution in [2.75, 3.05) is 18.6 Å². The van der Waals surface area contributed by atoms with Gasteiger partial charge in [-0.15, -0.1) is 0 Å². The highest BCUT2D eigenvalue weighted by Gasteiger charge is 2.08. The maximum Gasteiger partial charge on any atom is 0.433 e. The predicted molar refractivity (Wildman–Crippen MR) is 70.0 cm³/mol. The highest BCUT2D eigenvalue weighted by Crippen LogP contribution is 2.11. The minimum absolute atomic E-state index is 0.296. The lowest BCUT2D eigenvalue weighted by Gasteiger charge is -2.10. The fourth-order valence-electron chi connectivity index (χ4n) is 0.843. The van der Waals surface area contributed by atoms with Crippen LogP contribution in [0.4, 0.5) is 4.79 Å². The molecule has 0 fully saturated rings. The molecule has 0 aliphatic carbocycles. The van der Waals surface area contributed by atoms with Crippen molar-refractivity contribution in [1.82, 2.24) is 5.32 Å². The summed E-state index contributed by atoms with van der Waals surface area (Å²) in [5, 5.41) is 6.23. The number of thioether (sulfide) groups is 1. The monoisotopic (exact) mass is 246 g/mol. The summed E-state index contributed by atoms with van der Waals surface area (Å²) in [6, 6.07) is 0.